The van der Waals surface area contributed by atoms with Crippen LogP contribution in [0.15, 0.2) is 30.3 Å². The molecule has 15 heavy (non-hydrogen) atoms. The molecule has 3 heteroatoms. The standard InChI is InChI=1S/C12H16N2O/c13-9-8-11-6-4-10(5-7-11)2-1-3-12(14)15/h1-2,4-7H,3,8-9,13H2,(H2,14,15). The lowest BCUT2D eigenvalue weighted by molar-refractivity contribution is -0.117. The van der Waals surface area contributed by atoms with Crippen LogP contribution in [0.5, 0.6) is 0 Å². The van der Waals surface area contributed by atoms with Crippen molar-refractivity contribution in [2.24, 2.45) is 11.5 Å². The Bertz CT molecular complexity index is 341. The predicted octanol–water partition coefficient (Wildman–Crippen LogP) is 1.08. The molecule has 0 aliphatic rings. The molecule has 0 saturated heterocycles. The first kappa shape index (κ1) is 11.5. The number of carbonyl (C=O) groups excluding carboxylic acids is 1. The summed E-state index contributed by atoms with van der Waals surface area (Å²) in [6.45, 7) is 0.664. The lowest BCUT2D eigenvalue weighted by Gasteiger charge is -1.98. The molecule has 0 aromatic heterocycles. The summed E-state index contributed by atoms with van der Waals surface area (Å²) in [6.07, 6.45) is 4.83. The van der Waals surface area contributed by atoms with Crippen molar-refractivity contribution in [3.63, 3.8) is 0 Å². The van der Waals surface area contributed by atoms with Crippen molar-refractivity contribution < 1.29 is 4.79 Å². The molecule has 1 aromatic carbocycles. The second-order valence-corrected chi connectivity index (χ2v) is 3.35. The molecule has 0 aliphatic heterocycles. The highest BCUT2D eigenvalue weighted by molar-refractivity contribution is 5.76. The van der Waals surface area contributed by atoms with Gasteiger partial charge in [-0.1, -0.05) is 36.4 Å². The summed E-state index contributed by atoms with van der Waals surface area (Å²) in [7, 11) is 0. The zero-order valence-electron chi connectivity index (χ0n) is 8.65. The van der Waals surface area contributed by atoms with E-state index in [9.17, 15) is 4.79 Å². The Morgan fingerprint density at radius 1 is 1.27 bits per heavy atom. The molecule has 0 radical (unpaired) electrons. The third-order valence-corrected chi connectivity index (χ3v) is 2.04. The molecule has 0 bridgehead atoms. The number of hydrogen-bond donors (Lipinski definition) is 2. The maximum absolute atomic E-state index is 10.5. The van der Waals surface area contributed by atoms with E-state index in [0.29, 0.717) is 6.54 Å². The molecule has 1 amide bonds. The normalized spacial score (nSPS) is 10.7. The van der Waals surface area contributed by atoms with E-state index >= 15 is 0 Å². The topological polar surface area (TPSA) is 69.1 Å². The van der Waals surface area contributed by atoms with Crippen molar-refractivity contribution in [2.45, 2.75) is 12.8 Å². The van der Waals surface area contributed by atoms with E-state index < -0.39 is 0 Å². The molecule has 0 unspecified atom stereocenters. The van der Waals surface area contributed by atoms with Crippen molar-refractivity contribution in [3.05, 3.63) is 41.5 Å². The molecule has 4 N–H and O–H groups in total. The van der Waals surface area contributed by atoms with Gasteiger partial charge in [-0.2, -0.15) is 0 Å². The third kappa shape index (κ3) is 4.42. The number of carbonyl (C=O) groups is 1. The van der Waals surface area contributed by atoms with E-state index in [0.717, 1.165) is 12.0 Å². The fourth-order valence-electron chi connectivity index (χ4n) is 1.27. The van der Waals surface area contributed by atoms with Crippen LogP contribution in [-0.4, -0.2) is 12.5 Å². The fraction of sp³-hybridized carbons (Fsp3) is 0.250. The van der Waals surface area contributed by atoms with Gasteiger partial charge in [-0.05, 0) is 24.1 Å². The smallest absolute Gasteiger partial charge is 0.221 e. The van der Waals surface area contributed by atoms with Gasteiger partial charge in [0.25, 0.3) is 0 Å². The Morgan fingerprint density at radius 2 is 1.93 bits per heavy atom. The van der Waals surface area contributed by atoms with Crippen molar-refractivity contribution in [1.82, 2.24) is 0 Å². The molecular formula is C12H16N2O. The largest absolute Gasteiger partial charge is 0.369 e. The molecule has 0 aliphatic carbocycles. The first-order valence-corrected chi connectivity index (χ1v) is 4.96. The highest BCUT2D eigenvalue weighted by atomic mass is 16.1. The van der Waals surface area contributed by atoms with Gasteiger partial charge in [0.2, 0.25) is 5.91 Å². The molecular weight excluding hydrogens is 188 g/mol. The van der Waals surface area contributed by atoms with Crippen LogP contribution >= 0.6 is 0 Å². The second-order valence-electron chi connectivity index (χ2n) is 3.35. The van der Waals surface area contributed by atoms with Crippen LogP contribution in [0.25, 0.3) is 6.08 Å². The van der Waals surface area contributed by atoms with Crippen LogP contribution in [0.3, 0.4) is 0 Å². The van der Waals surface area contributed by atoms with E-state index in [2.05, 4.69) is 0 Å². The van der Waals surface area contributed by atoms with Gasteiger partial charge in [0, 0.05) is 6.42 Å². The number of hydrogen-bond acceptors (Lipinski definition) is 2. The van der Waals surface area contributed by atoms with E-state index in [1.54, 1.807) is 6.08 Å². The van der Waals surface area contributed by atoms with Gasteiger partial charge in [-0.3, -0.25) is 4.79 Å². The van der Waals surface area contributed by atoms with E-state index in [1.807, 2.05) is 30.3 Å². The number of rotatable bonds is 5. The quantitative estimate of drug-likeness (QED) is 0.753. The fourth-order valence-corrected chi connectivity index (χ4v) is 1.27. The monoisotopic (exact) mass is 204 g/mol. The Kier molecular flexibility index (Phi) is 4.57. The average molecular weight is 204 g/mol. The van der Waals surface area contributed by atoms with Gasteiger partial charge in [-0.15, -0.1) is 0 Å². The second kappa shape index (κ2) is 5.98. The highest BCUT2D eigenvalue weighted by Crippen LogP contribution is 2.06. The Labute approximate surface area is 89.8 Å². The van der Waals surface area contributed by atoms with Crippen LogP contribution in [0.1, 0.15) is 17.5 Å². The first-order valence-electron chi connectivity index (χ1n) is 4.96. The van der Waals surface area contributed by atoms with Crippen LogP contribution < -0.4 is 11.5 Å². The summed E-state index contributed by atoms with van der Waals surface area (Å²) in [5, 5.41) is 0. The summed E-state index contributed by atoms with van der Waals surface area (Å²) in [4.78, 5) is 10.5. The van der Waals surface area contributed by atoms with Gasteiger partial charge < -0.3 is 11.5 Å². The lowest BCUT2D eigenvalue weighted by Crippen LogP contribution is -2.07. The SMILES string of the molecule is NCCc1ccc(C=CCC(N)=O)cc1. The van der Waals surface area contributed by atoms with Crippen molar-refractivity contribution >= 4 is 12.0 Å². The Morgan fingerprint density at radius 3 is 2.47 bits per heavy atom. The van der Waals surface area contributed by atoms with Gasteiger partial charge in [-0.25, -0.2) is 0 Å². The van der Waals surface area contributed by atoms with Crippen LogP contribution in [0, 0.1) is 0 Å². The summed E-state index contributed by atoms with van der Waals surface area (Å²) in [5.41, 5.74) is 12.8. The van der Waals surface area contributed by atoms with Gasteiger partial charge in [0.1, 0.15) is 0 Å². The number of nitrogens with two attached hydrogens (primary N) is 2. The highest BCUT2D eigenvalue weighted by Gasteiger charge is 1.91. The summed E-state index contributed by atoms with van der Waals surface area (Å²) in [5.74, 6) is -0.314. The minimum Gasteiger partial charge on any atom is -0.369 e. The van der Waals surface area contributed by atoms with Crippen LogP contribution in [0.2, 0.25) is 0 Å². The molecule has 0 atom stereocenters. The minimum absolute atomic E-state index is 0.282. The van der Waals surface area contributed by atoms with Gasteiger partial charge >= 0.3 is 0 Å². The maximum Gasteiger partial charge on any atom is 0.221 e. The van der Waals surface area contributed by atoms with Crippen molar-refractivity contribution in [3.8, 4) is 0 Å². The van der Waals surface area contributed by atoms with Gasteiger partial charge in [0.05, 0.1) is 0 Å². The molecule has 0 heterocycles. The number of primary amides is 1. The van der Waals surface area contributed by atoms with E-state index in [-0.39, 0.29) is 12.3 Å². The van der Waals surface area contributed by atoms with E-state index in [4.69, 9.17) is 11.5 Å². The molecule has 1 rings (SSSR count). The molecule has 0 fully saturated rings. The Hall–Kier alpha value is -1.61. The molecule has 0 spiro atoms. The van der Waals surface area contributed by atoms with Crippen molar-refractivity contribution in [2.75, 3.05) is 6.54 Å². The summed E-state index contributed by atoms with van der Waals surface area (Å²) >= 11 is 0. The predicted molar refractivity (Wildman–Crippen MR) is 62.0 cm³/mol. The Balaban J connectivity index is 2.56. The molecule has 80 valence electrons. The molecule has 3 nitrogen and oxygen atoms in total. The zero-order valence-corrected chi connectivity index (χ0v) is 8.65. The van der Waals surface area contributed by atoms with E-state index in [1.165, 1.54) is 5.56 Å². The lowest BCUT2D eigenvalue weighted by atomic mass is 10.1. The minimum atomic E-state index is -0.314. The van der Waals surface area contributed by atoms with Crippen molar-refractivity contribution in [1.29, 1.82) is 0 Å². The van der Waals surface area contributed by atoms with Crippen LogP contribution in [-0.2, 0) is 11.2 Å². The maximum atomic E-state index is 10.5. The zero-order chi connectivity index (χ0) is 11.1. The number of amides is 1. The third-order valence-electron chi connectivity index (χ3n) is 2.04. The summed E-state index contributed by atoms with van der Waals surface area (Å²) in [6, 6.07) is 8.08. The molecule has 1 aromatic rings. The first-order chi connectivity index (χ1) is 7.22. The average Bonchev–Trinajstić information content (AvgIpc) is 2.20. The van der Waals surface area contributed by atoms with Gasteiger partial charge in [0.15, 0.2) is 0 Å². The summed E-state index contributed by atoms with van der Waals surface area (Å²) < 4.78 is 0. The van der Waals surface area contributed by atoms with Crippen LogP contribution in [0.4, 0.5) is 0 Å². The molecule has 0 saturated carbocycles. The number of benzene rings is 1.